The smallest absolute Gasteiger partial charge is 0.346 e. The Balaban J connectivity index is 1.94. The summed E-state index contributed by atoms with van der Waals surface area (Å²) in [5.74, 6) is 1.21. The summed E-state index contributed by atoms with van der Waals surface area (Å²) in [5, 5.41) is 0. The van der Waals surface area contributed by atoms with Gasteiger partial charge in [0.05, 0.1) is 5.69 Å². The predicted molar refractivity (Wildman–Crippen MR) is 112 cm³/mol. The van der Waals surface area contributed by atoms with Crippen LogP contribution < -0.4 is 10.4 Å². The number of nitrogens with one attached hydrogen (secondary N) is 1. The molecule has 4 rings (SSSR count). The van der Waals surface area contributed by atoms with Gasteiger partial charge in [-0.1, -0.05) is 77.9 Å². The molecule has 0 saturated heterocycles. The lowest BCUT2D eigenvalue weighted by molar-refractivity contribution is 0.481. The quantitative estimate of drug-likeness (QED) is 0.516. The second kappa shape index (κ2) is 7.53. The van der Waals surface area contributed by atoms with E-state index >= 15 is 0 Å². The van der Waals surface area contributed by atoms with Crippen LogP contribution in [0.3, 0.4) is 0 Å². The Morgan fingerprint density at radius 2 is 1.36 bits per heavy atom. The molecule has 0 atom stereocenters. The van der Waals surface area contributed by atoms with Crippen molar-refractivity contribution in [2.75, 3.05) is 0 Å². The van der Waals surface area contributed by atoms with Crippen molar-refractivity contribution in [3.05, 3.63) is 100 Å². The molecule has 0 radical (unpaired) electrons. The van der Waals surface area contributed by atoms with E-state index in [4.69, 9.17) is 4.74 Å². The third-order valence-electron chi connectivity index (χ3n) is 4.52. The number of H-pyrrole nitrogens is 1. The van der Waals surface area contributed by atoms with Crippen LogP contribution >= 0.6 is 0 Å². The molecule has 0 aliphatic rings. The molecule has 0 amide bonds. The number of rotatable bonds is 4. The summed E-state index contributed by atoms with van der Waals surface area (Å²) < 4.78 is 6.26. The standard InChI is InChI=1S/C24H20N2O2/c1-16-8-12-19(13-9-16)22-23(28-20-14-10-17(2)11-15-20)21(25-24(27)26-22)18-6-4-3-5-7-18/h3-15H,1-2H3,(H,25,26,27). The van der Waals surface area contributed by atoms with Crippen LogP contribution in [-0.4, -0.2) is 9.97 Å². The summed E-state index contributed by atoms with van der Waals surface area (Å²) in [7, 11) is 0. The zero-order valence-corrected chi connectivity index (χ0v) is 15.8. The summed E-state index contributed by atoms with van der Waals surface area (Å²) in [6.45, 7) is 4.05. The third-order valence-corrected chi connectivity index (χ3v) is 4.52. The van der Waals surface area contributed by atoms with Gasteiger partial charge in [-0.25, -0.2) is 4.79 Å². The highest BCUT2D eigenvalue weighted by molar-refractivity contribution is 5.77. The molecule has 0 aliphatic carbocycles. The molecule has 4 heteroatoms. The number of ether oxygens (including phenoxy) is 1. The van der Waals surface area contributed by atoms with Gasteiger partial charge in [0.25, 0.3) is 0 Å². The Bertz CT molecular complexity index is 1150. The highest BCUT2D eigenvalue weighted by Gasteiger charge is 2.18. The molecule has 0 aliphatic heterocycles. The van der Waals surface area contributed by atoms with Crippen LogP contribution in [-0.2, 0) is 0 Å². The SMILES string of the molecule is Cc1ccc(Oc2c(-c3ccccc3)nc(=O)[nH]c2-c2ccc(C)cc2)cc1. The normalized spacial score (nSPS) is 10.6. The Kier molecular flexibility index (Phi) is 4.77. The highest BCUT2D eigenvalue weighted by Crippen LogP contribution is 2.38. The summed E-state index contributed by atoms with van der Waals surface area (Å²) in [6.07, 6.45) is 0. The van der Waals surface area contributed by atoms with Crippen LogP contribution in [0.4, 0.5) is 0 Å². The first-order valence-electron chi connectivity index (χ1n) is 9.11. The molecule has 3 aromatic carbocycles. The van der Waals surface area contributed by atoms with Crippen molar-refractivity contribution >= 4 is 0 Å². The highest BCUT2D eigenvalue weighted by atomic mass is 16.5. The van der Waals surface area contributed by atoms with Crippen molar-refractivity contribution in [2.24, 2.45) is 0 Å². The summed E-state index contributed by atoms with van der Waals surface area (Å²) in [5.41, 5.74) is 4.69. The van der Waals surface area contributed by atoms with E-state index in [-0.39, 0.29) is 0 Å². The van der Waals surface area contributed by atoms with Crippen molar-refractivity contribution in [3.63, 3.8) is 0 Å². The van der Waals surface area contributed by atoms with Crippen LogP contribution in [0.15, 0.2) is 83.7 Å². The number of aromatic nitrogens is 2. The molecule has 0 unspecified atom stereocenters. The molecular formula is C24H20N2O2. The van der Waals surface area contributed by atoms with E-state index in [2.05, 4.69) is 9.97 Å². The lowest BCUT2D eigenvalue weighted by Gasteiger charge is -2.15. The van der Waals surface area contributed by atoms with E-state index in [1.54, 1.807) is 0 Å². The zero-order chi connectivity index (χ0) is 19.5. The van der Waals surface area contributed by atoms with E-state index in [1.807, 2.05) is 92.7 Å². The number of aromatic amines is 1. The van der Waals surface area contributed by atoms with Gasteiger partial charge in [-0.15, -0.1) is 0 Å². The van der Waals surface area contributed by atoms with Crippen molar-refractivity contribution in [1.82, 2.24) is 9.97 Å². The van der Waals surface area contributed by atoms with Crippen LogP contribution in [0, 0.1) is 13.8 Å². The second-order valence-electron chi connectivity index (χ2n) is 6.74. The fourth-order valence-corrected chi connectivity index (χ4v) is 3.00. The molecule has 0 spiro atoms. The molecule has 28 heavy (non-hydrogen) atoms. The Morgan fingerprint density at radius 3 is 2.00 bits per heavy atom. The monoisotopic (exact) mass is 368 g/mol. The maximum absolute atomic E-state index is 12.4. The van der Waals surface area contributed by atoms with Gasteiger partial charge < -0.3 is 9.72 Å². The molecule has 138 valence electrons. The molecule has 0 fully saturated rings. The van der Waals surface area contributed by atoms with Crippen LogP contribution in [0.5, 0.6) is 11.5 Å². The molecule has 4 nitrogen and oxygen atoms in total. The third kappa shape index (κ3) is 3.71. The van der Waals surface area contributed by atoms with Gasteiger partial charge in [0.1, 0.15) is 11.4 Å². The number of aryl methyl sites for hydroxylation is 2. The van der Waals surface area contributed by atoms with E-state index in [0.717, 1.165) is 22.3 Å². The minimum absolute atomic E-state index is 0.411. The van der Waals surface area contributed by atoms with Crippen molar-refractivity contribution < 1.29 is 4.74 Å². The largest absolute Gasteiger partial charge is 0.453 e. The lowest BCUT2D eigenvalue weighted by Crippen LogP contribution is -2.14. The fraction of sp³-hybridized carbons (Fsp3) is 0.0833. The second-order valence-corrected chi connectivity index (χ2v) is 6.74. The van der Waals surface area contributed by atoms with Crippen LogP contribution in [0.25, 0.3) is 22.5 Å². The minimum atomic E-state index is -0.411. The van der Waals surface area contributed by atoms with Gasteiger partial charge in [0.15, 0.2) is 5.75 Å². The van der Waals surface area contributed by atoms with Crippen molar-refractivity contribution in [2.45, 2.75) is 13.8 Å². The maximum Gasteiger partial charge on any atom is 0.346 e. The first-order chi connectivity index (χ1) is 13.6. The van der Waals surface area contributed by atoms with Gasteiger partial charge in [0, 0.05) is 11.1 Å². The number of benzene rings is 3. The molecule has 1 heterocycles. The average Bonchev–Trinajstić information content (AvgIpc) is 2.72. The van der Waals surface area contributed by atoms with Crippen LogP contribution in [0.2, 0.25) is 0 Å². The molecule has 4 aromatic rings. The van der Waals surface area contributed by atoms with Crippen molar-refractivity contribution in [3.8, 4) is 34.0 Å². The first kappa shape index (κ1) is 17.7. The van der Waals surface area contributed by atoms with Gasteiger partial charge in [0.2, 0.25) is 0 Å². The number of hydrogen-bond acceptors (Lipinski definition) is 3. The zero-order valence-electron chi connectivity index (χ0n) is 15.8. The van der Waals surface area contributed by atoms with E-state index < -0.39 is 5.69 Å². The molecule has 0 saturated carbocycles. The van der Waals surface area contributed by atoms with Crippen molar-refractivity contribution in [1.29, 1.82) is 0 Å². The average molecular weight is 368 g/mol. The van der Waals surface area contributed by atoms with Gasteiger partial charge in [-0.05, 0) is 26.0 Å². The summed E-state index contributed by atoms with van der Waals surface area (Å²) >= 11 is 0. The molecule has 0 bridgehead atoms. The summed E-state index contributed by atoms with van der Waals surface area (Å²) in [4.78, 5) is 19.4. The maximum atomic E-state index is 12.4. The number of nitrogens with zero attached hydrogens (tertiary/aromatic N) is 1. The molecule has 1 aromatic heterocycles. The molecule has 1 N–H and O–H groups in total. The topological polar surface area (TPSA) is 55.0 Å². The summed E-state index contributed by atoms with van der Waals surface area (Å²) in [6, 6.07) is 25.3. The van der Waals surface area contributed by atoms with E-state index in [1.165, 1.54) is 0 Å². The first-order valence-corrected chi connectivity index (χ1v) is 9.11. The Hall–Kier alpha value is -3.66. The Labute approximate surface area is 163 Å². The van der Waals surface area contributed by atoms with Gasteiger partial charge >= 0.3 is 5.69 Å². The van der Waals surface area contributed by atoms with Crippen LogP contribution in [0.1, 0.15) is 11.1 Å². The predicted octanol–water partition coefficient (Wildman–Crippen LogP) is 5.51. The van der Waals surface area contributed by atoms with Gasteiger partial charge in [-0.2, -0.15) is 4.98 Å². The van der Waals surface area contributed by atoms with E-state index in [9.17, 15) is 4.79 Å². The Morgan fingerprint density at radius 1 is 0.750 bits per heavy atom. The number of hydrogen-bond donors (Lipinski definition) is 1. The fourth-order valence-electron chi connectivity index (χ4n) is 3.00. The molecular weight excluding hydrogens is 348 g/mol. The lowest BCUT2D eigenvalue weighted by atomic mass is 10.0. The van der Waals surface area contributed by atoms with E-state index in [0.29, 0.717) is 22.9 Å². The van der Waals surface area contributed by atoms with Gasteiger partial charge in [-0.3, -0.25) is 0 Å². The minimum Gasteiger partial charge on any atom is -0.453 e.